The van der Waals surface area contributed by atoms with Crippen molar-refractivity contribution in [2.24, 2.45) is 5.92 Å². The standard InChI is InChI=1S/C12H20Br2O/c1-2-3-4-5-6-7-8-10-9-11(15)12(10,13)14/h10H,2-9H2,1H3. The highest BCUT2D eigenvalue weighted by molar-refractivity contribution is 9.26. The first-order chi connectivity index (χ1) is 7.09. The Morgan fingerprint density at radius 1 is 1.20 bits per heavy atom. The summed E-state index contributed by atoms with van der Waals surface area (Å²) in [5.74, 6) is 0.814. The molecule has 88 valence electrons. The Morgan fingerprint density at radius 3 is 2.33 bits per heavy atom. The quantitative estimate of drug-likeness (QED) is 0.480. The lowest BCUT2D eigenvalue weighted by Gasteiger charge is -2.38. The average Bonchev–Trinajstić information content (AvgIpc) is 2.21. The summed E-state index contributed by atoms with van der Waals surface area (Å²) in [5, 5.41) is 0. The van der Waals surface area contributed by atoms with Crippen molar-refractivity contribution in [3.63, 3.8) is 0 Å². The second-order valence-corrected chi connectivity index (χ2v) is 8.07. The molecular formula is C12H20Br2O. The predicted molar refractivity (Wildman–Crippen MR) is 71.7 cm³/mol. The van der Waals surface area contributed by atoms with Crippen molar-refractivity contribution >= 4 is 37.6 Å². The number of carbonyl (C=O) groups excluding carboxylic acids is 1. The number of unbranched alkanes of at least 4 members (excludes halogenated alkanes) is 5. The van der Waals surface area contributed by atoms with E-state index < -0.39 is 0 Å². The van der Waals surface area contributed by atoms with Crippen LogP contribution in [0, 0.1) is 5.92 Å². The molecule has 0 bridgehead atoms. The van der Waals surface area contributed by atoms with Gasteiger partial charge in [0.15, 0.2) is 5.78 Å². The Labute approximate surface area is 110 Å². The third-order valence-electron chi connectivity index (χ3n) is 3.22. The molecule has 0 aromatic carbocycles. The Balaban J connectivity index is 2.00. The van der Waals surface area contributed by atoms with Gasteiger partial charge in [-0.1, -0.05) is 77.3 Å². The fraction of sp³-hybridized carbons (Fsp3) is 0.917. The molecule has 1 nitrogen and oxygen atoms in total. The highest BCUT2D eigenvalue weighted by Gasteiger charge is 2.50. The first-order valence-electron chi connectivity index (χ1n) is 6.00. The van der Waals surface area contributed by atoms with Crippen molar-refractivity contribution in [2.75, 3.05) is 0 Å². The lowest BCUT2D eigenvalue weighted by molar-refractivity contribution is -0.126. The van der Waals surface area contributed by atoms with Crippen molar-refractivity contribution in [2.45, 2.75) is 61.5 Å². The molecular weight excluding hydrogens is 320 g/mol. The number of rotatable bonds is 7. The Morgan fingerprint density at radius 2 is 1.80 bits per heavy atom. The van der Waals surface area contributed by atoms with Crippen LogP contribution in [0.1, 0.15) is 58.3 Å². The van der Waals surface area contributed by atoms with E-state index in [9.17, 15) is 4.79 Å². The molecule has 0 amide bonds. The second kappa shape index (κ2) is 6.39. The van der Waals surface area contributed by atoms with Crippen LogP contribution in [0.25, 0.3) is 0 Å². The number of hydrogen-bond donors (Lipinski definition) is 0. The molecule has 1 aliphatic carbocycles. The molecule has 0 heterocycles. The molecule has 3 heteroatoms. The van der Waals surface area contributed by atoms with Gasteiger partial charge in [-0.15, -0.1) is 0 Å². The van der Waals surface area contributed by atoms with Gasteiger partial charge in [-0.05, 0) is 12.3 Å². The van der Waals surface area contributed by atoms with Gasteiger partial charge in [0.05, 0.1) is 0 Å². The van der Waals surface area contributed by atoms with Crippen molar-refractivity contribution in [3.05, 3.63) is 0 Å². The van der Waals surface area contributed by atoms with Gasteiger partial charge in [0.2, 0.25) is 0 Å². The third-order valence-corrected chi connectivity index (χ3v) is 5.40. The van der Waals surface area contributed by atoms with E-state index in [1.54, 1.807) is 0 Å². The van der Waals surface area contributed by atoms with Gasteiger partial charge < -0.3 is 0 Å². The largest absolute Gasteiger partial charge is 0.297 e. The van der Waals surface area contributed by atoms with Crippen molar-refractivity contribution in [1.29, 1.82) is 0 Å². The van der Waals surface area contributed by atoms with E-state index in [2.05, 4.69) is 38.8 Å². The maximum atomic E-state index is 11.2. The van der Waals surface area contributed by atoms with E-state index >= 15 is 0 Å². The van der Waals surface area contributed by atoms with E-state index in [1.807, 2.05) is 0 Å². The maximum absolute atomic E-state index is 11.2. The minimum absolute atomic E-state index is 0.304. The van der Waals surface area contributed by atoms with Crippen LogP contribution in [0.2, 0.25) is 0 Å². The van der Waals surface area contributed by atoms with Gasteiger partial charge in [0.1, 0.15) is 3.23 Å². The normalized spacial score (nSPS) is 23.9. The maximum Gasteiger partial charge on any atom is 0.160 e. The first-order valence-corrected chi connectivity index (χ1v) is 7.58. The van der Waals surface area contributed by atoms with Crippen molar-refractivity contribution in [3.8, 4) is 0 Å². The summed E-state index contributed by atoms with van der Waals surface area (Å²) in [6.45, 7) is 2.24. The minimum Gasteiger partial charge on any atom is -0.297 e. The molecule has 1 rings (SSSR count). The van der Waals surface area contributed by atoms with Crippen LogP contribution >= 0.6 is 31.9 Å². The SMILES string of the molecule is CCCCCCCCC1CC(=O)C1(Br)Br. The molecule has 1 atom stereocenters. The number of Topliss-reactive ketones (excluding diaryl/α,β-unsaturated/α-hetero) is 1. The summed E-state index contributed by atoms with van der Waals surface area (Å²) >= 11 is 6.91. The van der Waals surface area contributed by atoms with Gasteiger partial charge >= 0.3 is 0 Å². The summed E-state index contributed by atoms with van der Waals surface area (Å²) in [5.41, 5.74) is 0. The number of ketones is 1. The van der Waals surface area contributed by atoms with Crippen LogP contribution in [0.5, 0.6) is 0 Å². The fourth-order valence-electron chi connectivity index (χ4n) is 2.04. The molecule has 0 saturated heterocycles. The summed E-state index contributed by atoms with van der Waals surface area (Å²) in [6, 6.07) is 0. The summed E-state index contributed by atoms with van der Waals surface area (Å²) < 4.78 is -0.372. The van der Waals surface area contributed by atoms with Gasteiger partial charge in [0.25, 0.3) is 0 Å². The molecule has 0 aromatic heterocycles. The molecule has 0 spiro atoms. The Kier molecular flexibility index (Phi) is 5.83. The first kappa shape index (κ1) is 13.7. The van der Waals surface area contributed by atoms with Gasteiger partial charge in [0, 0.05) is 6.42 Å². The minimum atomic E-state index is -0.372. The van der Waals surface area contributed by atoms with E-state index in [0.717, 1.165) is 6.42 Å². The molecule has 1 saturated carbocycles. The number of halogens is 2. The van der Waals surface area contributed by atoms with Crippen LogP contribution in [-0.4, -0.2) is 9.02 Å². The van der Waals surface area contributed by atoms with Gasteiger partial charge in [-0.2, -0.15) is 0 Å². The third kappa shape index (κ3) is 3.85. The highest BCUT2D eigenvalue weighted by atomic mass is 79.9. The van der Waals surface area contributed by atoms with Gasteiger partial charge in [-0.3, -0.25) is 4.79 Å². The molecule has 1 unspecified atom stereocenters. The summed E-state index contributed by atoms with van der Waals surface area (Å²) in [7, 11) is 0. The van der Waals surface area contributed by atoms with Crippen molar-refractivity contribution < 1.29 is 4.79 Å². The zero-order chi connectivity index (χ0) is 11.3. The molecule has 0 aliphatic heterocycles. The number of hydrogen-bond acceptors (Lipinski definition) is 1. The molecule has 1 fully saturated rings. The topological polar surface area (TPSA) is 17.1 Å². The van der Waals surface area contributed by atoms with Crippen LogP contribution in [0.4, 0.5) is 0 Å². The van der Waals surface area contributed by atoms with E-state index in [0.29, 0.717) is 11.7 Å². The zero-order valence-corrected chi connectivity index (χ0v) is 12.6. The lowest BCUT2D eigenvalue weighted by atomic mass is 9.80. The number of alkyl halides is 2. The molecule has 0 aromatic rings. The predicted octanol–water partition coefficient (Wildman–Crippen LogP) is 4.81. The Hall–Kier alpha value is 0.630. The van der Waals surface area contributed by atoms with E-state index in [1.165, 1.54) is 44.9 Å². The second-order valence-electron chi connectivity index (χ2n) is 4.50. The summed E-state index contributed by atoms with van der Waals surface area (Å²) in [6.07, 6.45) is 9.91. The average molecular weight is 340 g/mol. The van der Waals surface area contributed by atoms with Crippen LogP contribution in [0.15, 0.2) is 0 Å². The molecule has 15 heavy (non-hydrogen) atoms. The van der Waals surface area contributed by atoms with E-state index in [4.69, 9.17) is 0 Å². The zero-order valence-electron chi connectivity index (χ0n) is 9.40. The molecule has 0 radical (unpaired) electrons. The molecule has 1 aliphatic rings. The van der Waals surface area contributed by atoms with Crippen LogP contribution < -0.4 is 0 Å². The monoisotopic (exact) mass is 338 g/mol. The Bertz CT molecular complexity index is 214. The van der Waals surface area contributed by atoms with Gasteiger partial charge in [-0.25, -0.2) is 0 Å². The lowest BCUT2D eigenvalue weighted by Crippen LogP contribution is -2.46. The van der Waals surface area contributed by atoms with Crippen molar-refractivity contribution in [1.82, 2.24) is 0 Å². The summed E-state index contributed by atoms with van der Waals surface area (Å²) in [4.78, 5) is 11.2. The smallest absolute Gasteiger partial charge is 0.160 e. The van der Waals surface area contributed by atoms with E-state index in [-0.39, 0.29) is 3.23 Å². The van der Waals surface area contributed by atoms with Crippen LogP contribution in [0.3, 0.4) is 0 Å². The number of carbonyl (C=O) groups is 1. The highest BCUT2D eigenvalue weighted by Crippen LogP contribution is 2.49. The fourth-order valence-corrected chi connectivity index (χ4v) is 3.14. The van der Waals surface area contributed by atoms with Crippen LogP contribution in [-0.2, 0) is 4.79 Å². The molecule has 0 N–H and O–H groups in total.